The van der Waals surface area contributed by atoms with Crippen molar-refractivity contribution < 1.29 is 95.6 Å². The lowest BCUT2D eigenvalue weighted by Gasteiger charge is -2.47. The molecule has 0 saturated carbocycles. The first-order valence-electron chi connectivity index (χ1n) is 13.9. The average Bonchev–Trinajstić information content (AvgIpc) is 2.93. The number of quaternary nitrogens is 1. The van der Waals surface area contributed by atoms with Crippen molar-refractivity contribution in [1.29, 1.82) is 0 Å². The normalized spacial score (nSPS) is 34.1. The molecule has 2 fully saturated rings. The molecule has 2 saturated heterocycles. The number of aliphatic hydroxyl groups is 8. The molecule has 0 radical (unpaired) electrons. The molecule has 43 heavy (non-hydrogen) atoms. The standard InChI is InChI=1S/C25H50NO16.ClH/c1-26(2,3)10-15(31)12-35-8-9-39-23-18(32)20(17(13-36-14-30)40-24(23)34)42-25-19(33)22(38-7-5-28)21(37-6-4-27)16(11-29)41-25;/h15-25,27-34H,4-14H2,1-3H3;1H/q+1;/p-1/t15?,16-,17-,18+,19-,20-,21-,22?,23-,24-,25?;/m1./s1. The second-order valence-electron chi connectivity index (χ2n) is 11.0. The van der Waals surface area contributed by atoms with Gasteiger partial charge in [0.05, 0.1) is 80.6 Å². The second kappa shape index (κ2) is 20.7. The van der Waals surface area contributed by atoms with Crippen molar-refractivity contribution in [2.75, 3.05) is 93.9 Å². The molecule has 2 aliphatic rings. The Labute approximate surface area is 257 Å². The summed E-state index contributed by atoms with van der Waals surface area (Å²) in [6.07, 6.45) is -14.1. The molecule has 0 aliphatic carbocycles. The molecule has 2 aliphatic heterocycles. The maximum atomic E-state index is 11.2. The van der Waals surface area contributed by atoms with E-state index in [9.17, 15) is 30.6 Å². The third-order valence-electron chi connectivity index (χ3n) is 6.50. The van der Waals surface area contributed by atoms with Gasteiger partial charge >= 0.3 is 0 Å². The molecule has 0 aromatic rings. The summed E-state index contributed by atoms with van der Waals surface area (Å²) in [5.41, 5.74) is 0. The van der Waals surface area contributed by atoms with Crippen LogP contribution in [0.25, 0.3) is 0 Å². The average molecular weight is 656 g/mol. The van der Waals surface area contributed by atoms with E-state index in [0.717, 1.165) is 0 Å². The van der Waals surface area contributed by atoms with Gasteiger partial charge in [-0.25, -0.2) is 0 Å². The second-order valence-corrected chi connectivity index (χ2v) is 11.0. The van der Waals surface area contributed by atoms with Gasteiger partial charge in [0.25, 0.3) is 0 Å². The monoisotopic (exact) mass is 655 g/mol. The molecule has 0 aromatic heterocycles. The van der Waals surface area contributed by atoms with E-state index in [-0.39, 0.29) is 65.3 Å². The first kappa shape index (κ1) is 40.6. The lowest BCUT2D eigenvalue weighted by atomic mass is 9.96. The number of rotatable bonds is 20. The zero-order valence-electron chi connectivity index (χ0n) is 24.8. The fourth-order valence-electron chi connectivity index (χ4n) is 4.79. The van der Waals surface area contributed by atoms with Gasteiger partial charge < -0.3 is 95.6 Å². The number of hydrogen-bond acceptors (Lipinski definition) is 16. The third-order valence-corrected chi connectivity index (χ3v) is 6.50. The Morgan fingerprint density at radius 1 is 0.721 bits per heavy atom. The molecule has 8 N–H and O–H groups in total. The van der Waals surface area contributed by atoms with Crippen molar-refractivity contribution in [2.45, 2.75) is 67.5 Å². The first-order valence-corrected chi connectivity index (χ1v) is 13.9. The van der Waals surface area contributed by atoms with Gasteiger partial charge in [-0.1, -0.05) is 0 Å². The van der Waals surface area contributed by atoms with Crippen molar-refractivity contribution in [2.24, 2.45) is 0 Å². The van der Waals surface area contributed by atoms with E-state index in [1.807, 2.05) is 21.1 Å². The highest BCUT2D eigenvalue weighted by molar-refractivity contribution is 4.95. The van der Waals surface area contributed by atoms with Crippen LogP contribution in [0.1, 0.15) is 0 Å². The predicted molar refractivity (Wildman–Crippen MR) is 140 cm³/mol. The Hall–Kier alpha value is -0.390. The molecule has 11 atom stereocenters. The van der Waals surface area contributed by atoms with Gasteiger partial charge in [0.2, 0.25) is 0 Å². The Morgan fingerprint density at radius 3 is 1.93 bits per heavy atom. The van der Waals surface area contributed by atoms with Gasteiger partial charge in [-0.15, -0.1) is 0 Å². The molecule has 18 heteroatoms. The zero-order chi connectivity index (χ0) is 31.3. The molecule has 3 unspecified atom stereocenters. The van der Waals surface area contributed by atoms with E-state index in [1.54, 1.807) is 0 Å². The van der Waals surface area contributed by atoms with Crippen molar-refractivity contribution in [3.8, 4) is 0 Å². The molecular weight excluding hydrogens is 606 g/mol. The highest BCUT2D eigenvalue weighted by Crippen LogP contribution is 2.31. The summed E-state index contributed by atoms with van der Waals surface area (Å²) in [6.45, 7) is -2.18. The van der Waals surface area contributed by atoms with Gasteiger partial charge in [-0.2, -0.15) is 0 Å². The molecule has 2 heterocycles. The van der Waals surface area contributed by atoms with Crippen LogP contribution in [0.15, 0.2) is 0 Å². The van der Waals surface area contributed by atoms with Gasteiger partial charge in [0.15, 0.2) is 12.6 Å². The number of likely N-dealkylation sites (N-methyl/N-ethyl adjacent to an activating group) is 1. The minimum absolute atomic E-state index is 0. The fraction of sp³-hybridized carbons (Fsp3) is 1.00. The lowest BCUT2D eigenvalue weighted by Crippen LogP contribution is -3.00. The Kier molecular flexibility index (Phi) is 19.5. The maximum Gasteiger partial charge on any atom is 0.187 e. The summed E-state index contributed by atoms with van der Waals surface area (Å²) < 4.78 is 44.9. The molecule has 17 nitrogen and oxygen atoms in total. The molecule has 0 spiro atoms. The summed E-state index contributed by atoms with van der Waals surface area (Å²) in [5, 5.41) is 80.3. The van der Waals surface area contributed by atoms with Crippen LogP contribution in [0.4, 0.5) is 0 Å². The van der Waals surface area contributed by atoms with Crippen LogP contribution >= 0.6 is 0 Å². The van der Waals surface area contributed by atoms with Crippen molar-refractivity contribution in [3.63, 3.8) is 0 Å². The van der Waals surface area contributed by atoms with Gasteiger partial charge in [0, 0.05) is 0 Å². The topological polar surface area (TPSA) is 236 Å². The van der Waals surface area contributed by atoms with Gasteiger partial charge in [0.1, 0.15) is 68.3 Å². The molecule has 2 rings (SSSR count). The summed E-state index contributed by atoms with van der Waals surface area (Å²) in [7, 11) is 5.80. The highest BCUT2D eigenvalue weighted by atomic mass is 35.5. The minimum Gasteiger partial charge on any atom is -1.00 e. The van der Waals surface area contributed by atoms with Crippen LogP contribution in [-0.4, -0.2) is 207 Å². The van der Waals surface area contributed by atoms with Crippen LogP contribution in [-0.2, 0) is 37.9 Å². The van der Waals surface area contributed by atoms with E-state index in [0.29, 0.717) is 11.0 Å². The molecule has 0 aromatic carbocycles. The number of hydrogen-bond donors (Lipinski definition) is 8. The Balaban J connectivity index is 0.00000924. The number of halogens is 1. The highest BCUT2D eigenvalue weighted by Gasteiger charge is 2.52. The SMILES string of the molecule is C[N+](C)(C)CC(O)COCCO[C@@H]1[C@@H](O)[C@H](OC2O[C@H](CO)[C@@H](OCCO)C(OCCO)[C@H]2O)[C@@H](COCO)O[C@H]1O.[Cl-]. The number of aliphatic hydroxyl groups excluding tert-OH is 8. The smallest absolute Gasteiger partial charge is 0.187 e. The Morgan fingerprint density at radius 2 is 1.35 bits per heavy atom. The molecule has 0 amide bonds. The van der Waals surface area contributed by atoms with E-state index in [4.69, 9.17) is 48.1 Å². The molecule has 258 valence electrons. The number of nitrogens with zero attached hydrogens (tertiary/aromatic N) is 1. The van der Waals surface area contributed by atoms with Crippen molar-refractivity contribution in [1.82, 2.24) is 0 Å². The van der Waals surface area contributed by atoms with Crippen LogP contribution in [0.3, 0.4) is 0 Å². The first-order chi connectivity index (χ1) is 20.0. The van der Waals surface area contributed by atoms with Crippen molar-refractivity contribution in [3.05, 3.63) is 0 Å². The quantitative estimate of drug-likeness (QED) is 0.0345. The summed E-state index contributed by atoms with van der Waals surface area (Å²) >= 11 is 0. The minimum atomic E-state index is -1.63. The Bertz CT molecular complexity index is 723. The largest absolute Gasteiger partial charge is 1.00 e. The van der Waals surface area contributed by atoms with Crippen LogP contribution in [0.2, 0.25) is 0 Å². The van der Waals surface area contributed by atoms with E-state index < -0.39 is 80.9 Å². The zero-order valence-corrected chi connectivity index (χ0v) is 25.6. The fourth-order valence-corrected chi connectivity index (χ4v) is 4.79. The van der Waals surface area contributed by atoms with E-state index >= 15 is 0 Å². The number of ether oxygens (including phenoxy) is 8. The van der Waals surface area contributed by atoms with E-state index in [2.05, 4.69) is 0 Å². The predicted octanol–water partition coefficient (Wildman–Crippen LogP) is -8.28. The molecule has 0 bridgehead atoms. The summed E-state index contributed by atoms with van der Waals surface area (Å²) in [6, 6.07) is 0. The van der Waals surface area contributed by atoms with Crippen LogP contribution in [0, 0.1) is 0 Å². The van der Waals surface area contributed by atoms with Crippen LogP contribution < -0.4 is 12.4 Å². The van der Waals surface area contributed by atoms with Gasteiger partial charge in [-0.3, -0.25) is 0 Å². The third kappa shape index (κ3) is 13.1. The van der Waals surface area contributed by atoms with Gasteiger partial charge in [-0.05, 0) is 0 Å². The lowest BCUT2D eigenvalue weighted by molar-refractivity contribution is -0.873. The van der Waals surface area contributed by atoms with Crippen LogP contribution in [0.5, 0.6) is 0 Å². The summed E-state index contributed by atoms with van der Waals surface area (Å²) in [4.78, 5) is 0. The summed E-state index contributed by atoms with van der Waals surface area (Å²) in [5.74, 6) is 0. The molecular formula is C25H50ClNO16. The van der Waals surface area contributed by atoms with E-state index in [1.165, 1.54) is 0 Å². The van der Waals surface area contributed by atoms with Crippen molar-refractivity contribution >= 4 is 0 Å². The maximum absolute atomic E-state index is 11.2.